The fraction of sp³-hybridized carbons (Fsp3) is 0.192. The van der Waals surface area contributed by atoms with Gasteiger partial charge in [-0.1, -0.05) is 12.1 Å². The molecule has 1 atom stereocenters. The SMILES string of the molecule is CCOc1cccc(N2C(=O)C(=O)/C(=C(\O)c3ccc4c(c3)CCO4)C2c2ccccn2)c1. The van der Waals surface area contributed by atoms with Crippen LogP contribution in [0.1, 0.15) is 29.8 Å². The highest BCUT2D eigenvalue weighted by Crippen LogP contribution is 2.42. The number of aliphatic hydroxyl groups is 1. The van der Waals surface area contributed by atoms with E-state index in [1.54, 1.807) is 66.9 Å². The first-order valence-electron chi connectivity index (χ1n) is 10.8. The lowest BCUT2D eigenvalue weighted by Crippen LogP contribution is -2.29. The maximum absolute atomic E-state index is 13.2. The van der Waals surface area contributed by atoms with E-state index in [9.17, 15) is 14.7 Å². The highest BCUT2D eigenvalue weighted by molar-refractivity contribution is 6.51. The normalized spacial score (nSPS) is 18.8. The first kappa shape index (κ1) is 20.8. The second kappa shape index (κ2) is 8.43. The molecule has 3 aromatic rings. The summed E-state index contributed by atoms with van der Waals surface area (Å²) in [6, 6.07) is 16.6. The second-order valence-corrected chi connectivity index (χ2v) is 7.78. The maximum Gasteiger partial charge on any atom is 0.300 e. The number of ether oxygens (including phenoxy) is 2. The summed E-state index contributed by atoms with van der Waals surface area (Å²) in [4.78, 5) is 32.2. The van der Waals surface area contributed by atoms with E-state index in [1.165, 1.54) is 4.90 Å². The van der Waals surface area contributed by atoms with Crippen molar-refractivity contribution in [1.29, 1.82) is 0 Å². The number of amides is 1. The number of fused-ring (bicyclic) bond motifs is 1. The van der Waals surface area contributed by atoms with Crippen LogP contribution < -0.4 is 14.4 Å². The highest BCUT2D eigenvalue weighted by atomic mass is 16.5. The molecule has 0 radical (unpaired) electrons. The Morgan fingerprint density at radius 3 is 2.82 bits per heavy atom. The molecule has 2 aromatic carbocycles. The van der Waals surface area contributed by atoms with Crippen LogP contribution in [0.15, 0.2) is 72.4 Å². The lowest BCUT2D eigenvalue weighted by molar-refractivity contribution is -0.132. The van der Waals surface area contributed by atoms with Gasteiger partial charge in [0.2, 0.25) is 0 Å². The van der Waals surface area contributed by atoms with Crippen molar-refractivity contribution in [2.75, 3.05) is 18.1 Å². The number of carbonyl (C=O) groups excluding carboxylic acids is 2. The molecule has 3 heterocycles. The molecule has 0 aliphatic carbocycles. The zero-order valence-corrected chi connectivity index (χ0v) is 18.0. The summed E-state index contributed by atoms with van der Waals surface area (Å²) in [6.07, 6.45) is 2.32. The Labute approximate surface area is 190 Å². The average Bonchev–Trinajstić information content (AvgIpc) is 3.41. The lowest BCUT2D eigenvalue weighted by atomic mass is 9.97. The van der Waals surface area contributed by atoms with E-state index in [0.29, 0.717) is 35.9 Å². The van der Waals surface area contributed by atoms with Gasteiger partial charge in [-0.2, -0.15) is 0 Å². The van der Waals surface area contributed by atoms with Gasteiger partial charge in [0.05, 0.1) is 24.5 Å². The largest absolute Gasteiger partial charge is 0.507 e. The second-order valence-electron chi connectivity index (χ2n) is 7.78. The molecule has 1 aromatic heterocycles. The van der Waals surface area contributed by atoms with E-state index >= 15 is 0 Å². The van der Waals surface area contributed by atoms with Crippen LogP contribution >= 0.6 is 0 Å². The number of benzene rings is 2. The molecule has 2 aliphatic rings. The molecule has 0 spiro atoms. The Balaban J connectivity index is 1.67. The Hall–Kier alpha value is -4.13. The Morgan fingerprint density at radius 2 is 2.03 bits per heavy atom. The van der Waals surface area contributed by atoms with Gasteiger partial charge in [-0.25, -0.2) is 0 Å². The third kappa shape index (κ3) is 3.61. The molecule has 1 fully saturated rings. The van der Waals surface area contributed by atoms with Gasteiger partial charge < -0.3 is 14.6 Å². The number of pyridine rings is 1. The van der Waals surface area contributed by atoms with Crippen molar-refractivity contribution in [2.45, 2.75) is 19.4 Å². The minimum atomic E-state index is -0.882. The quantitative estimate of drug-likeness (QED) is 0.364. The van der Waals surface area contributed by atoms with Gasteiger partial charge in [0.25, 0.3) is 11.7 Å². The number of carbonyl (C=O) groups is 2. The molecule has 1 saturated heterocycles. The molecule has 1 unspecified atom stereocenters. The molecule has 0 bridgehead atoms. The summed E-state index contributed by atoms with van der Waals surface area (Å²) in [7, 11) is 0. The molecule has 1 amide bonds. The molecule has 7 heteroatoms. The van der Waals surface area contributed by atoms with E-state index in [1.807, 2.05) is 6.92 Å². The smallest absolute Gasteiger partial charge is 0.300 e. The van der Waals surface area contributed by atoms with Gasteiger partial charge in [-0.3, -0.25) is 19.5 Å². The molecular formula is C26H22N2O5. The van der Waals surface area contributed by atoms with E-state index in [-0.39, 0.29) is 11.3 Å². The predicted octanol–water partition coefficient (Wildman–Crippen LogP) is 4.04. The minimum absolute atomic E-state index is 0.000576. The van der Waals surface area contributed by atoms with Gasteiger partial charge in [0.15, 0.2) is 0 Å². The fourth-order valence-electron chi connectivity index (χ4n) is 4.30. The summed E-state index contributed by atoms with van der Waals surface area (Å²) < 4.78 is 11.1. The number of nitrogens with zero attached hydrogens (tertiary/aromatic N) is 2. The molecule has 33 heavy (non-hydrogen) atoms. The number of hydrogen-bond acceptors (Lipinski definition) is 6. The molecule has 7 nitrogen and oxygen atoms in total. The van der Waals surface area contributed by atoms with Crippen LogP contribution in [-0.4, -0.2) is 35.0 Å². The van der Waals surface area contributed by atoms with Crippen molar-refractivity contribution < 1.29 is 24.2 Å². The van der Waals surface area contributed by atoms with Crippen molar-refractivity contribution >= 4 is 23.1 Å². The summed E-state index contributed by atoms with van der Waals surface area (Å²) in [6.45, 7) is 2.91. The van der Waals surface area contributed by atoms with Crippen molar-refractivity contribution in [2.24, 2.45) is 0 Å². The van der Waals surface area contributed by atoms with E-state index in [4.69, 9.17) is 9.47 Å². The zero-order chi connectivity index (χ0) is 22.9. The number of aliphatic hydroxyl groups excluding tert-OH is 1. The van der Waals surface area contributed by atoms with Gasteiger partial charge in [0, 0.05) is 29.9 Å². The third-order valence-corrected chi connectivity index (χ3v) is 5.78. The summed E-state index contributed by atoms with van der Waals surface area (Å²) in [5.74, 6) is -0.384. The molecule has 166 valence electrons. The van der Waals surface area contributed by atoms with Gasteiger partial charge >= 0.3 is 0 Å². The van der Waals surface area contributed by atoms with Crippen LogP contribution in [0.5, 0.6) is 11.5 Å². The maximum atomic E-state index is 13.2. The van der Waals surface area contributed by atoms with Crippen LogP contribution in [0, 0.1) is 0 Å². The van der Waals surface area contributed by atoms with E-state index in [0.717, 1.165) is 17.7 Å². The molecule has 0 saturated carbocycles. The monoisotopic (exact) mass is 442 g/mol. The van der Waals surface area contributed by atoms with E-state index in [2.05, 4.69) is 4.98 Å². The number of rotatable bonds is 5. The van der Waals surface area contributed by atoms with Gasteiger partial charge in [-0.05, 0) is 55.0 Å². The van der Waals surface area contributed by atoms with Crippen LogP contribution in [-0.2, 0) is 16.0 Å². The predicted molar refractivity (Wildman–Crippen MR) is 122 cm³/mol. The first-order valence-corrected chi connectivity index (χ1v) is 10.8. The van der Waals surface area contributed by atoms with Crippen molar-refractivity contribution in [1.82, 2.24) is 4.98 Å². The molecule has 5 rings (SSSR count). The Kier molecular flexibility index (Phi) is 5.30. The molecule has 1 N–H and O–H groups in total. The topological polar surface area (TPSA) is 89.0 Å². The first-order chi connectivity index (χ1) is 16.1. The summed E-state index contributed by atoms with van der Waals surface area (Å²) in [5, 5.41) is 11.3. The molecule has 2 aliphatic heterocycles. The lowest BCUT2D eigenvalue weighted by Gasteiger charge is -2.25. The minimum Gasteiger partial charge on any atom is -0.507 e. The van der Waals surface area contributed by atoms with Crippen molar-refractivity contribution in [3.8, 4) is 11.5 Å². The van der Waals surface area contributed by atoms with Crippen LogP contribution in [0.2, 0.25) is 0 Å². The fourth-order valence-corrected chi connectivity index (χ4v) is 4.30. The van der Waals surface area contributed by atoms with Crippen molar-refractivity contribution in [3.05, 3.63) is 89.3 Å². The standard InChI is InChI=1S/C26H22N2O5/c1-2-32-19-7-5-6-18(15-19)28-23(20-8-3-4-12-27-20)22(25(30)26(28)31)24(29)17-9-10-21-16(14-17)11-13-33-21/h3-10,12,14-15,23,29H,2,11,13H2,1H3/b24-22-. The number of anilines is 1. The zero-order valence-electron chi connectivity index (χ0n) is 18.0. The van der Waals surface area contributed by atoms with Gasteiger partial charge in [-0.15, -0.1) is 0 Å². The van der Waals surface area contributed by atoms with Crippen molar-refractivity contribution in [3.63, 3.8) is 0 Å². The van der Waals surface area contributed by atoms with Crippen LogP contribution in [0.4, 0.5) is 5.69 Å². The summed E-state index contributed by atoms with van der Waals surface area (Å²) >= 11 is 0. The van der Waals surface area contributed by atoms with Crippen LogP contribution in [0.3, 0.4) is 0 Å². The number of Topliss-reactive ketones (excluding diaryl/α,β-unsaturated/α-hetero) is 1. The molecular weight excluding hydrogens is 420 g/mol. The number of aromatic nitrogens is 1. The Morgan fingerprint density at radius 1 is 1.15 bits per heavy atom. The van der Waals surface area contributed by atoms with Crippen LogP contribution in [0.25, 0.3) is 5.76 Å². The van der Waals surface area contributed by atoms with Gasteiger partial charge in [0.1, 0.15) is 23.3 Å². The van der Waals surface area contributed by atoms with E-state index < -0.39 is 17.7 Å². The number of ketones is 1. The number of hydrogen-bond donors (Lipinski definition) is 1. The highest BCUT2D eigenvalue weighted by Gasteiger charge is 2.47. The Bertz CT molecular complexity index is 1270. The average molecular weight is 442 g/mol. The summed E-state index contributed by atoms with van der Waals surface area (Å²) in [5.41, 5.74) is 2.37. The third-order valence-electron chi connectivity index (χ3n) is 5.78.